The Kier molecular flexibility index (Phi) is 6.90. The zero-order chi connectivity index (χ0) is 23.7. The highest BCUT2D eigenvalue weighted by molar-refractivity contribution is 6.02. The maximum Gasteiger partial charge on any atom is 0.169 e. The van der Waals surface area contributed by atoms with Crippen molar-refractivity contribution in [2.75, 3.05) is 0 Å². The van der Waals surface area contributed by atoms with E-state index in [4.69, 9.17) is 0 Å². The van der Waals surface area contributed by atoms with E-state index in [1.54, 1.807) is 12.1 Å². The largest absolute Gasteiger partial charge is 0.385 e. The van der Waals surface area contributed by atoms with E-state index < -0.39 is 11.5 Å². The third-order valence-corrected chi connectivity index (χ3v) is 7.23. The summed E-state index contributed by atoms with van der Waals surface area (Å²) in [5.41, 5.74) is -0.254. The minimum absolute atomic E-state index is 0.0464. The Morgan fingerprint density at radius 1 is 0.812 bits per heavy atom. The van der Waals surface area contributed by atoms with E-state index in [2.05, 4.69) is 20.8 Å². The van der Waals surface area contributed by atoms with Crippen molar-refractivity contribution in [2.45, 2.75) is 47.1 Å². The van der Waals surface area contributed by atoms with Crippen molar-refractivity contribution in [1.29, 1.82) is 0 Å². The first-order chi connectivity index (χ1) is 15.0. The van der Waals surface area contributed by atoms with Crippen LogP contribution in [0.5, 0.6) is 0 Å². The van der Waals surface area contributed by atoms with Crippen LogP contribution in [0, 0.1) is 35.0 Å². The Labute approximate surface area is 192 Å². The summed E-state index contributed by atoms with van der Waals surface area (Å²) < 4.78 is 0. The quantitative estimate of drug-likeness (QED) is 0.449. The van der Waals surface area contributed by atoms with Gasteiger partial charge in [0.25, 0.3) is 0 Å². The lowest BCUT2D eigenvalue weighted by molar-refractivity contribution is -0.0953. The highest BCUT2D eigenvalue weighted by atomic mass is 16.3. The van der Waals surface area contributed by atoms with Crippen molar-refractivity contribution >= 4 is 11.6 Å². The second-order valence-electron chi connectivity index (χ2n) is 10.6. The van der Waals surface area contributed by atoms with Gasteiger partial charge in [0.05, 0.1) is 11.5 Å². The van der Waals surface area contributed by atoms with E-state index in [0.29, 0.717) is 11.1 Å². The maximum atomic E-state index is 13.8. The van der Waals surface area contributed by atoms with Crippen molar-refractivity contribution in [3.63, 3.8) is 0 Å². The fraction of sp³-hybridized carbons (Fsp3) is 0.448. The van der Waals surface area contributed by atoms with Crippen LogP contribution in [-0.4, -0.2) is 22.3 Å². The molecule has 0 heterocycles. The summed E-state index contributed by atoms with van der Waals surface area (Å²) in [7, 11) is 0. The lowest BCUT2D eigenvalue weighted by atomic mass is 9.53. The van der Waals surface area contributed by atoms with Gasteiger partial charge in [-0.3, -0.25) is 9.59 Å². The third kappa shape index (κ3) is 4.63. The van der Waals surface area contributed by atoms with Gasteiger partial charge in [-0.25, -0.2) is 0 Å². The molecule has 6 unspecified atom stereocenters. The highest BCUT2D eigenvalue weighted by Gasteiger charge is 2.57. The van der Waals surface area contributed by atoms with E-state index in [1.165, 1.54) is 0 Å². The molecule has 0 amide bonds. The van der Waals surface area contributed by atoms with E-state index in [-0.39, 0.29) is 40.7 Å². The van der Waals surface area contributed by atoms with Crippen LogP contribution in [-0.2, 0) is 0 Å². The standard InChI is InChI=1S/C29H36O3/c1-19-21(3)29(32,18-17-28(4,5)6)25(27(31)23-15-11-8-12-16-23)20(2)24(19)26(30)22-13-9-7-10-14-22/h7-21,24-25,32H,1-6H3/b18-17+. The van der Waals surface area contributed by atoms with Gasteiger partial charge in [0, 0.05) is 17.0 Å². The minimum Gasteiger partial charge on any atom is -0.385 e. The summed E-state index contributed by atoms with van der Waals surface area (Å²) in [6, 6.07) is 18.4. The van der Waals surface area contributed by atoms with Gasteiger partial charge in [-0.1, -0.05) is 114 Å². The molecule has 2 aromatic rings. The molecule has 0 saturated heterocycles. The first-order valence-corrected chi connectivity index (χ1v) is 11.6. The van der Waals surface area contributed by atoms with Gasteiger partial charge in [-0.05, 0) is 23.2 Å². The second kappa shape index (κ2) is 9.15. The van der Waals surface area contributed by atoms with Crippen LogP contribution in [0.2, 0.25) is 0 Å². The molecule has 1 fully saturated rings. The maximum absolute atomic E-state index is 13.8. The molecule has 0 aliphatic heterocycles. The van der Waals surface area contributed by atoms with E-state index >= 15 is 0 Å². The number of hydrogen-bond donors (Lipinski definition) is 1. The predicted molar refractivity (Wildman–Crippen MR) is 130 cm³/mol. The van der Waals surface area contributed by atoms with Crippen molar-refractivity contribution in [3.8, 4) is 0 Å². The summed E-state index contributed by atoms with van der Waals surface area (Å²) >= 11 is 0. The SMILES string of the molecule is CC1C(C(=O)c2ccccc2)C(C)C(C(=O)c2ccccc2)C(O)(/C=C/C(C)(C)C)C1C. The Balaban J connectivity index is 2.12. The van der Waals surface area contributed by atoms with Crippen LogP contribution < -0.4 is 0 Å². The van der Waals surface area contributed by atoms with Crippen LogP contribution in [0.3, 0.4) is 0 Å². The van der Waals surface area contributed by atoms with Crippen molar-refractivity contribution in [1.82, 2.24) is 0 Å². The Morgan fingerprint density at radius 2 is 1.28 bits per heavy atom. The number of ketones is 2. The lowest BCUT2D eigenvalue weighted by Crippen LogP contribution is -2.59. The van der Waals surface area contributed by atoms with Gasteiger partial charge in [0.1, 0.15) is 0 Å². The molecule has 1 aliphatic carbocycles. The van der Waals surface area contributed by atoms with Crippen LogP contribution in [0.4, 0.5) is 0 Å². The summed E-state index contributed by atoms with van der Waals surface area (Å²) in [6.07, 6.45) is 3.83. The summed E-state index contributed by atoms with van der Waals surface area (Å²) in [6.45, 7) is 12.2. The highest BCUT2D eigenvalue weighted by Crippen LogP contribution is 2.51. The minimum atomic E-state index is -1.34. The fourth-order valence-electron chi connectivity index (χ4n) is 5.26. The smallest absolute Gasteiger partial charge is 0.169 e. The molecule has 3 heteroatoms. The van der Waals surface area contributed by atoms with Crippen molar-refractivity contribution < 1.29 is 14.7 Å². The number of Topliss-reactive ketones (excluding diaryl/α,β-unsaturated/α-hetero) is 2. The molecule has 6 atom stereocenters. The molecule has 1 aliphatic rings. The van der Waals surface area contributed by atoms with Crippen molar-refractivity contribution in [3.05, 3.63) is 83.9 Å². The van der Waals surface area contributed by atoms with Gasteiger partial charge >= 0.3 is 0 Å². The summed E-state index contributed by atoms with van der Waals surface area (Å²) in [4.78, 5) is 27.4. The third-order valence-electron chi connectivity index (χ3n) is 7.23. The Bertz CT molecular complexity index is 970. The number of allylic oxidation sites excluding steroid dienone is 1. The molecule has 1 N–H and O–H groups in total. The molecule has 1 saturated carbocycles. The number of rotatable bonds is 5. The van der Waals surface area contributed by atoms with Gasteiger partial charge in [0.2, 0.25) is 0 Å². The molecule has 0 radical (unpaired) electrons. The lowest BCUT2D eigenvalue weighted by Gasteiger charge is -2.52. The number of carbonyl (C=O) groups is 2. The zero-order valence-electron chi connectivity index (χ0n) is 20.1. The first-order valence-electron chi connectivity index (χ1n) is 11.6. The number of benzene rings is 2. The number of carbonyl (C=O) groups excluding carboxylic acids is 2. The topological polar surface area (TPSA) is 54.4 Å². The summed E-state index contributed by atoms with van der Waals surface area (Å²) in [5, 5.41) is 12.1. The molecular formula is C29H36O3. The van der Waals surface area contributed by atoms with E-state index in [1.807, 2.05) is 81.5 Å². The predicted octanol–water partition coefficient (Wildman–Crippen LogP) is 6.24. The normalized spacial score (nSPS) is 30.9. The van der Waals surface area contributed by atoms with E-state index in [9.17, 15) is 14.7 Å². The Morgan fingerprint density at radius 3 is 1.75 bits per heavy atom. The molecule has 0 bridgehead atoms. The molecule has 0 spiro atoms. The second-order valence-corrected chi connectivity index (χ2v) is 10.6. The van der Waals surface area contributed by atoms with Crippen LogP contribution in [0.15, 0.2) is 72.8 Å². The van der Waals surface area contributed by atoms with Crippen LogP contribution >= 0.6 is 0 Å². The molecule has 3 nitrogen and oxygen atoms in total. The molecule has 32 heavy (non-hydrogen) atoms. The van der Waals surface area contributed by atoms with Gasteiger partial charge in [-0.15, -0.1) is 0 Å². The average Bonchev–Trinajstić information content (AvgIpc) is 2.77. The monoisotopic (exact) mass is 432 g/mol. The molecule has 170 valence electrons. The van der Waals surface area contributed by atoms with Gasteiger partial charge < -0.3 is 5.11 Å². The van der Waals surface area contributed by atoms with Gasteiger partial charge in [-0.2, -0.15) is 0 Å². The van der Waals surface area contributed by atoms with Crippen LogP contribution in [0.25, 0.3) is 0 Å². The number of aliphatic hydroxyl groups is 1. The average molecular weight is 433 g/mol. The van der Waals surface area contributed by atoms with E-state index in [0.717, 1.165) is 0 Å². The molecule has 0 aromatic heterocycles. The number of hydrogen-bond acceptors (Lipinski definition) is 3. The Hall–Kier alpha value is -2.52. The first kappa shape index (κ1) is 24.1. The fourth-order valence-corrected chi connectivity index (χ4v) is 5.26. The zero-order valence-corrected chi connectivity index (χ0v) is 20.1. The molecular weight excluding hydrogens is 396 g/mol. The van der Waals surface area contributed by atoms with Crippen molar-refractivity contribution in [2.24, 2.45) is 35.0 Å². The molecule has 3 rings (SSSR count). The molecule has 2 aromatic carbocycles. The van der Waals surface area contributed by atoms with Crippen LogP contribution in [0.1, 0.15) is 62.3 Å². The summed E-state index contributed by atoms with van der Waals surface area (Å²) in [5.74, 6) is -1.81. The van der Waals surface area contributed by atoms with Gasteiger partial charge in [0.15, 0.2) is 11.6 Å².